The molecule has 2 fully saturated rings. The molecule has 108 valence electrons. The predicted octanol–water partition coefficient (Wildman–Crippen LogP) is 1.36. The van der Waals surface area contributed by atoms with Crippen molar-refractivity contribution in [3.05, 3.63) is 35.4 Å². The molecule has 1 aromatic rings. The van der Waals surface area contributed by atoms with Gasteiger partial charge < -0.3 is 11.1 Å². The highest BCUT2D eigenvalue weighted by Gasteiger charge is 2.38. The molecule has 1 amide bonds. The van der Waals surface area contributed by atoms with Crippen molar-refractivity contribution in [1.82, 2.24) is 10.2 Å². The first-order valence-corrected chi connectivity index (χ1v) is 7.49. The number of benzene rings is 1. The highest BCUT2D eigenvalue weighted by Crippen LogP contribution is 2.38. The van der Waals surface area contributed by atoms with E-state index in [-0.39, 0.29) is 5.91 Å². The van der Waals surface area contributed by atoms with Gasteiger partial charge in [-0.2, -0.15) is 0 Å². The van der Waals surface area contributed by atoms with E-state index >= 15 is 0 Å². The fraction of sp³-hybridized carbons (Fsp3) is 0.562. The second-order valence-corrected chi connectivity index (χ2v) is 6.27. The lowest BCUT2D eigenvalue weighted by Crippen LogP contribution is -2.38. The molecule has 2 aliphatic rings. The third-order valence-corrected chi connectivity index (χ3v) is 4.83. The Morgan fingerprint density at radius 3 is 2.55 bits per heavy atom. The van der Waals surface area contributed by atoms with Gasteiger partial charge in [-0.3, -0.25) is 9.69 Å². The number of rotatable bonds is 3. The maximum Gasteiger partial charge on any atom is 0.248 e. The lowest BCUT2D eigenvalue weighted by Gasteiger charge is -2.33. The molecule has 4 nitrogen and oxygen atoms in total. The van der Waals surface area contributed by atoms with E-state index in [1.54, 1.807) is 0 Å². The van der Waals surface area contributed by atoms with Crippen LogP contribution in [0.2, 0.25) is 0 Å². The summed E-state index contributed by atoms with van der Waals surface area (Å²) in [7, 11) is 0. The van der Waals surface area contributed by atoms with E-state index in [0.29, 0.717) is 11.0 Å². The Kier molecular flexibility index (Phi) is 3.76. The van der Waals surface area contributed by atoms with E-state index in [1.165, 1.54) is 51.0 Å². The number of nitrogens with zero attached hydrogens (tertiary/aromatic N) is 1. The predicted molar refractivity (Wildman–Crippen MR) is 79.4 cm³/mol. The topological polar surface area (TPSA) is 58.4 Å². The molecule has 2 heterocycles. The summed E-state index contributed by atoms with van der Waals surface area (Å²) >= 11 is 0. The second kappa shape index (κ2) is 5.54. The summed E-state index contributed by atoms with van der Waals surface area (Å²) < 4.78 is 0. The molecule has 0 aliphatic carbocycles. The number of carbonyl (C=O) groups is 1. The van der Waals surface area contributed by atoms with Crippen molar-refractivity contribution in [3.63, 3.8) is 0 Å². The third kappa shape index (κ3) is 2.86. The summed E-state index contributed by atoms with van der Waals surface area (Å²) in [5.41, 5.74) is 7.67. The Morgan fingerprint density at radius 2 is 1.90 bits per heavy atom. The fourth-order valence-corrected chi connectivity index (χ4v) is 3.56. The molecule has 0 saturated carbocycles. The first-order chi connectivity index (χ1) is 9.67. The van der Waals surface area contributed by atoms with Crippen LogP contribution in [0.3, 0.4) is 0 Å². The van der Waals surface area contributed by atoms with Gasteiger partial charge in [0, 0.05) is 18.7 Å². The zero-order valence-corrected chi connectivity index (χ0v) is 11.9. The Morgan fingerprint density at radius 1 is 1.20 bits per heavy atom. The van der Waals surface area contributed by atoms with Gasteiger partial charge in [0.2, 0.25) is 5.91 Å². The van der Waals surface area contributed by atoms with Crippen LogP contribution in [0, 0.1) is 5.41 Å². The number of carbonyl (C=O) groups excluding carboxylic acids is 1. The minimum Gasteiger partial charge on any atom is -0.366 e. The Bertz CT molecular complexity index is 477. The Hall–Kier alpha value is -1.39. The van der Waals surface area contributed by atoms with Crippen molar-refractivity contribution in [2.24, 2.45) is 11.1 Å². The van der Waals surface area contributed by atoms with Gasteiger partial charge in [-0.25, -0.2) is 0 Å². The molecular formula is C16H23N3O. The van der Waals surface area contributed by atoms with E-state index in [9.17, 15) is 4.79 Å². The molecule has 0 radical (unpaired) electrons. The van der Waals surface area contributed by atoms with Gasteiger partial charge in [0.15, 0.2) is 0 Å². The van der Waals surface area contributed by atoms with Gasteiger partial charge in [0.05, 0.1) is 0 Å². The van der Waals surface area contributed by atoms with E-state index in [2.05, 4.69) is 10.2 Å². The van der Waals surface area contributed by atoms with Crippen molar-refractivity contribution in [2.75, 3.05) is 26.2 Å². The van der Waals surface area contributed by atoms with Gasteiger partial charge >= 0.3 is 0 Å². The lowest BCUT2D eigenvalue weighted by atomic mass is 9.78. The van der Waals surface area contributed by atoms with E-state index in [1.807, 2.05) is 24.3 Å². The minimum absolute atomic E-state index is 0.355. The van der Waals surface area contributed by atoms with Crippen LogP contribution in [0.4, 0.5) is 0 Å². The molecule has 2 aliphatic heterocycles. The average Bonchev–Trinajstić information content (AvgIpc) is 2.83. The fourth-order valence-electron chi connectivity index (χ4n) is 3.56. The number of nitrogens with one attached hydrogen (secondary N) is 1. The van der Waals surface area contributed by atoms with Crippen LogP contribution in [-0.4, -0.2) is 37.0 Å². The number of piperidine rings is 1. The Labute approximate surface area is 120 Å². The number of hydrogen-bond acceptors (Lipinski definition) is 3. The van der Waals surface area contributed by atoms with Crippen LogP contribution in [-0.2, 0) is 6.54 Å². The quantitative estimate of drug-likeness (QED) is 0.874. The number of hydrogen-bond donors (Lipinski definition) is 2. The lowest BCUT2D eigenvalue weighted by molar-refractivity contribution is 0.100. The van der Waals surface area contributed by atoms with Gasteiger partial charge in [-0.15, -0.1) is 0 Å². The van der Waals surface area contributed by atoms with E-state index in [0.717, 1.165) is 6.54 Å². The van der Waals surface area contributed by atoms with Gasteiger partial charge in [0.1, 0.15) is 0 Å². The molecular weight excluding hydrogens is 250 g/mol. The van der Waals surface area contributed by atoms with Crippen molar-refractivity contribution >= 4 is 5.91 Å². The largest absolute Gasteiger partial charge is 0.366 e. The zero-order chi connectivity index (χ0) is 14.0. The summed E-state index contributed by atoms with van der Waals surface area (Å²) in [6, 6.07) is 7.70. The normalized spacial score (nSPS) is 22.2. The second-order valence-electron chi connectivity index (χ2n) is 6.27. The highest BCUT2D eigenvalue weighted by atomic mass is 16.1. The Balaban J connectivity index is 1.60. The molecule has 0 bridgehead atoms. The first kappa shape index (κ1) is 13.6. The molecule has 20 heavy (non-hydrogen) atoms. The van der Waals surface area contributed by atoms with Crippen LogP contribution in [0.25, 0.3) is 0 Å². The van der Waals surface area contributed by atoms with E-state index < -0.39 is 0 Å². The minimum atomic E-state index is -0.355. The maximum absolute atomic E-state index is 11.1. The van der Waals surface area contributed by atoms with Crippen LogP contribution >= 0.6 is 0 Å². The van der Waals surface area contributed by atoms with Gasteiger partial charge in [0.25, 0.3) is 0 Å². The average molecular weight is 273 g/mol. The molecule has 2 saturated heterocycles. The molecule has 0 atom stereocenters. The summed E-state index contributed by atoms with van der Waals surface area (Å²) in [4.78, 5) is 13.6. The van der Waals surface area contributed by atoms with Crippen LogP contribution in [0.15, 0.2) is 24.3 Å². The first-order valence-electron chi connectivity index (χ1n) is 7.49. The maximum atomic E-state index is 11.1. The summed E-state index contributed by atoms with van der Waals surface area (Å²) in [6.07, 6.45) is 3.95. The van der Waals surface area contributed by atoms with Crippen molar-refractivity contribution in [3.8, 4) is 0 Å². The molecule has 0 unspecified atom stereocenters. The van der Waals surface area contributed by atoms with Crippen LogP contribution < -0.4 is 11.1 Å². The smallest absolute Gasteiger partial charge is 0.248 e. The number of amides is 1. The van der Waals surface area contributed by atoms with Gasteiger partial charge in [-0.1, -0.05) is 12.1 Å². The van der Waals surface area contributed by atoms with Crippen LogP contribution in [0.1, 0.15) is 35.2 Å². The summed E-state index contributed by atoms with van der Waals surface area (Å²) in [5, 5.41) is 3.45. The molecule has 3 N–H and O–H groups in total. The van der Waals surface area contributed by atoms with Gasteiger partial charge in [-0.05, 0) is 62.0 Å². The number of likely N-dealkylation sites (tertiary alicyclic amines) is 1. The zero-order valence-electron chi connectivity index (χ0n) is 11.9. The summed E-state index contributed by atoms with van der Waals surface area (Å²) in [6.45, 7) is 5.72. The SMILES string of the molecule is NC(=O)c1ccc(CN2CCC3(CCNCC3)C2)cc1. The standard InChI is InChI=1S/C16H23N3O/c17-15(20)14-3-1-13(2-4-14)11-19-10-7-16(12-19)5-8-18-9-6-16/h1-4,18H,5-12H2,(H2,17,20). The molecule has 1 spiro atoms. The monoisotopic (exact) mass is 273 g/mol. The highest BCUT2D eigenvalue weighted by molar-refractivity contribution is 5.92. The van der Waals surface area contributed by atoms with Crippen molar-refractivity contribution < 1.29 is 4.79 Å². The van der Waals surface area contributed by atoms with E-state index in [4.69, 9.17) is 5.73 Å². The molecule has 0 aromatic heterocycles. The number of nitrogens with two attached hydrogens (primary N) is 1. The summed E-state index contributed by atoms with van der Waals surface area (Å²) in [5.74, 6) is -0.355. The van der Waals surface area contributed by atoms with Crippen LogP contribution in [0.5, 0.6) is 0 Å². The third-order valence-electron chi connectivity index (χ3n) is 4.83. The van der Waals surface area contributed by atoms with Crippen molar-refractivity contribution in [1.29, 1.82) is 0 Å². The molecule has 4 heteroatoms. The van der Waals surface area contributed by atoms with Crippen molar-refractivity contribution in [2.45, 2.75) is 25.8 Å². The number of primary amides is 1. The molecule has 3 rings (SSSR count). The molecule has 1 aromatic carbocycles.